The summed E-state index contributed by atoms with van der Waals surface area (Å²) in [5.41, 5.74) is 2.56. The second-order valence-electron chi connectivity index (χ2n) is 6.92. The first-order valence-corrected chi connectivity index (χ1v) is 9.58. The van der Waals surface area contributed by atoms with Crippen LogP contribution in [0.4, 0.5) is 17.3 Å². The second-order valence-corrected chi connectivity index (χ2v) is 6.92. The summed E-state index contributed by atoms with van der Waals surface area (Å²) in [6.45, 7) is 1.95. The molecule has 8 heteroatoms. The van der Waals surface area contributed by atoms with Crippen molar-refractivity contribution >= 4 is 28.2 Å². The quantitative estimate of drug-likeness (QED) is 0.483. The molecule has 5 rings (SSSR count). The van der Waals surface area contributed by atoms with Crippen molar-refractivity contribution in [3.63, 3.8) is 0 Å². The normalized spacial score (nSPS) is 16.1. The van der Waals surface area contributed by atoms with Gasteiger partial charge in [0.05, 0.1) is 23.6 Å². The lowest BCUT2D eigenvalue weighted by Gasteiger charge is -2.15. The van der Waals surface area contributed by atoms with E-state index in [0.29, 0.717) is 17.7 Å². The van der Waals surface area contributed by atoms with Crippen molar-refractivity contribution < 1.29 is 0 Å². The highest BCUT2D eigenvalue weighted by Crippen LogP contribution is 2.26. The standard InChI is InChI=1S/C21H20N8/c1-2-15(11-22-6-1)26-19-10-14(3-9-25-19)20-28-18-13-24-8-5-17(18)21(29-20)27-16-4-7-23-12-16/h1-3,5-6,8-11,13,16,23H,4,7,12H2,(H,25,26)(H,27,28,29). The molecule has 0 amide bonds. The van der Waals surface area contributed by atoms with Crippen molar-refractivity contribution in [3.8, 4) is 11.4 Å². The average Bonchev–Trinajstić information content (AvgIpc) is 3.28. The van der Waals surface area contributed by atoms with Gasteiger partial charge in [-0.15, -0.1) is 0 Å². The van der Waals surface area contributed by atoms with Gasteiger partial charge in [-0.2, -0.15) is 0 Å². The molecule has 5 heterocycles. The highest BCUT2D eigenvalue weighted by atomic mass is 15.1. The van der Waals surface area contributed by atoms with Crippen molar-refractivity contribution in [2.75, 3.05) is 23.7 Å². The predicted octanol–water partition coefficient (Wildman–Crippen LogP) is 3.00. The summed E-state index contributed by atoms with van der Waals surface area (Å²) < 4.78 is 0. The van der Waals surface area contributed by atoms with Gasteiger partial charge in [-0.05, 0) is 43.3 Å². The van der Waals surface area contributed by atoms with Gasteiger partial charge in [0, 0.05) is 42.1 Å². The maximum absolute atomic E-state index is 4.84. The number of nitrogens with one attached hydrogen (secondary N) is 3. The Hall–Kier alpha value is -3.65. The summed E-state index contributed by atoms with van der Waals surface area (Å²) in [4.78, 5) is 22.3. The van der Waals surface area contributed by atoms with Crippen molar-refractivity contribution in [1.82, 2.24) is 30.2 Å². The minimum absolute atomic E-state index is 0.356. The fraction of sp³-hybridized carbons (Fsp3) is 0.190. The molecule has 3 N–H and O–H groups in total. The summed E-state index contributed by atoms with van der Waals surface area (Å²) >= 11 is 0. The number of fused-ring (bicyclic) bond motifs is 1. The fourth-order valence-electron chi connectivity index (χ4n) is 3.41. The Bertz CT molecular complexity index is 1130. The Balaban J connectivity index is 1.52. The van der Waals surface area contributed by atoms with E-state index in [2.05, 4.69) is 30.9 Å². The Kier molecular flexibility index (Phi) is 4.67. The van der Waals surface area contributed by atoms with Crippen LogP contribution in [0.25, 0.3) is 22.3 Å². The summed E-state index contributed by atoms with van der Waals surface area (Å²) in [6, 6.07) is 9.97. The lowest BCUT2D eigenvalue weighted by molar-refractivity contribution is 0.789. The van der Waals surface area contributed by atoms with E-state index in [-0.39, 0.29) is 0 Å². The van der Waals surface area contributed by atoms with Gasteiger partial charge in [0.25, 0.3) is 0 Å². The van der Waals surface area contributed by atoms with Gasteiger partial charge >= 0.3 is 0 Å². The van der Waals surface area contributed by atoms with Crippen molar-refractivity contribution in [1.29, 1.82) is 0 Å². The number of rotatable bonds is 5. The molecule has 1 aliphatic heterocycles. The first-order valence-electron chi connectivity index (χ1n) is 9.58. The molecule has 0 spiro atoms. The molecular weight excluding hydrogens is 364 g/mol. The minimum Gasteiger partial charge on any atom is -0.365 e. The molecule has 1 fully saturated rings. The lowest BCUT2D eigenvalue weighted by Crippen LogP contribution is -2.23. The zero-order valence-electron chi connectivity index (χ0n) is 15.7. The Morgan fingerprint density at radius 1 is 1.00 bits per heavy atom. The van der Waals surface area contributed by atoms with Gasteiger partial charge < -0.3 is 16.0 Å². The first kappa shape index (κ1) is 17.4. The Morgan fingerprint density at radius 3 is 2.83 bits per heavy atom. The van der Waals surface area contributed by atoms with Gasteiger partial charge in [-0.3, -0.25) is 9.97 Å². The van der Waals surface area contributed by atoms with Gasteiger partial charge in [-0.1, -0.05) is 0 Å². The molecule has 1 unspecified atom stereocenters. The molecule has 0 bridgehead atoms. The maximum Gasteiger partial charge on any atom is 0.162 e. The highest BCUT2D eigenvalue weighted by Gasteiger charge is 2.17. The zero-order valence-corrected chi connectivity index (χ0v) is 15.7. The Labute approximate surface area is 167 Å². The molecule has 1 atom stereocenters. The van der Waals surface area contributed by atoms with E-state index in [1.165, 1.54) is 0 Å². The zero-order chi connectivity index (χ0) is 19.5. The van der Waals surface area contributed by atoms with Crippen LogP contribution in [-0.2, 0) is 0 Å². The van der Waals surface area contributed by atoms with E-state index >= 15 is 0 Å². The van der Waals surface area contributed by atoms with E-state index in [1.54, 1.807) is 31.0 Å². The van der Waals surface area contributed by atoms with Crippen LogP contribution in [-0.4, -0.2) is 44.1 Å². The predicted molar refractivity (Wildman–Crippen MR) is 113 cm³/mol. The lowest BCUT2D eigenvalue weighted by atomic mass is 10.2. The fourth-order valence-corrected chi connectivity index (χ4v) is 3.41. The number of aromatic nitrogens is 5. The molecule has 0 saturated carbocycles. The van der Waals surface area contributed by atoms with Crippen molar-refractivity contribution in [2.24, 2.45) is 0 Å². The summed E-state index contributed by atoms with van der Waals surface area (Å²) in [7, 11) is 0. The first-order chi connectivity index (χ1) is 14.3. The second kappa shape index (κ2) is 7.76. The molecule has 1 aliphatic rings. The summed E-state index contributed by atoms with van der Waals surface area (Å²) in [6.07, 6.45) is 9.85. The molecule has 1 saturated heterocycles. The van der Waals surface area contributed by atoms with Crippen LogP contribution in [0.5, 0.6) is 0 Å². The number of anilines is 3. The van der Waals surface area contributed by atoms with Crippen LogP contribution in [0, 0.1) is 0 Å². The molecule has 144 valence electrons. The van der Waals surface area contributed by atoms with Crippen LogP contribution in [0.15, 0.2) is 61.3 Å². The molecule has 4 aromatic rings. The van der Waals surface area contributed by atoms with Crippen LogP contribution < -0.4 is 16.0 Å². The van der Waals surface area contributed by atoms with E-state index in [4.69, 9.17) is 9.97 Å². The SMILES string of the molecule is c1cncc(Nc2cc(-c3nc(NC4CCNC4)c4ccncc4n3)ccn2)c1. The molecule has 0 aliphatic carbocycles. The largest absolute Gasteiger partial charge is 0.365 e. The van der Waals surface area contributed by atoms with Crippen LogP contribution in [0.2, 0.25) is 0 Å². The van der Waals surface area contributed by atoms with Crippen LogP contribution in [0.1, 0.15) is 6.42 Å². The molecule has 4 aromatic heterocycles. The third kappa shape index (κ3) is 3.83. The van der Waals surface area contributed by atoms with E-state index in [9.17, 15) is 0 Å². The van der Waals surface area contributed by atoms with Crippen molar-refractivity contribution in [2.45, 2.75) is 12.5 Å². The summed E-state index contributed by atoms with van der Waals surface area (Å²) in [5, 5.41) is 11.2. The van der Waals surface area contributed by atoms with E-state index < -0.39 is 0 Å². The van der Waals surface area contributed by atoms with E-state index in [0.717, 1.165) is 47.5 Å². The van der Waals surface area contributed by atoms with Crippen LogP contribution >= 0.6 is 0 Å². The molecule has 0 radical (unpaired) electrons. The van der Waals surface area contributed by atoms with E-state index in [1.807, 2.05) is 30.3 Å². The highest BCUT2D eigenvalue weighted by molar-refractivity contribution is 5.90. The topological polar surface area (TPSA) is 101 Å². The maximum atomic E-state index is 4.84. The number of hydrogen-bond donors (Lipinski definition) is 3. The molecule has 0 aromatic carbocycles. The number of nitrogens with zero attached hydrogens (tertiary/aromatic N) is 5. The molecule has 8 nitrogen and oxygen atoms in total. The summed E-state index contributed by atoms with van der Waals surface area (Å²) in [5.74, 6) is 2.18. The van der Waals surface area contributed by atoms with Gasteiger partial charge in [0.2, 0.25) is 0 Å². The number of pyridine rings is 3. The third-order valence-corrected chi connectivity index (χ3v) is 4.85. The monoisotopic (exact) mass is 384 g/mol. The third-order valence-electron chi connectivity index (χ3n) is 4.85. The number of hydrogen-bond acceptors (Lipinski definition) is 8. The van der Waals surface area contributed by atoms with Crippen LogP contribution in [0.3, 0.4) is 0 Å². The molecule has 29 heavy (non-hydrogen) atoms. The van der Waals surface area contributed by atoms with Gasteiger partial charge in [0.1, 0.15) is 11.6 Å². The smallest absolute Gasteiger partial charge is 0.162 e. The molecular formula is C21H20N8. The Morgan fingerprint density at radius 2 is 1.97 bits per heavy atom. The van der Waals surface area contributed by atoms with Crippen molar-refractivity contribution in [3.05, 3.63) is 61.3 Å². The van der Waals surface area contributed by atoms with Gasteiger partial charge in [0.15, 0.2) is 5.82 Å². The minimum atomic E-state index is 0.356. The average molecular weight is 384 g/mol. The van der Waals surface area contributed by atoms with Gasteiger partial charge in [-0.25, -0.2) is 15.0 Å².